The Balaban J connectivity index is 0.000000435. The molecule has 15 nitrogen and oxygen atoms in total. The molecule has 2 aromatic carbocycles. The first-order valence-corrected chi connectivity index (χ1v) is 22.0. The van der Waals surface area contributed by atoms with Gasteiger partial charge in [-0.3, -0.25) is 4.98 Å². The van der Waals surface area contributed by atoms with E-state index in [2.05, 4.69) is 64.9 Å². The third-order valence-electron chi connectivity index (χ3n) is 8.84. The second kappa shape index (κ2) is 33.7. The molecule has 0 unspecified atom stereocenters. The summed E-state index contributed by atoms with van der Waals surface area (Å²) in [6.07, 6.45) is -1.60. The minimum absolute atomic E-state index is 0.395. The van der Waals surface area contributed by atoms with Crippen LogP contribution in [-0.2, 0) is 48.4 Å². The standard InChI is InChI=1S/2C10H10F3NO.C8H12N2O.C8H10N2O.C7H9NO2.C7H9NOS/c1-7(14-15-2)8-3-5-9(6-4-8)10(11,12)13;1-7(14-15-2)8-4-3-5-9(6-8)10(11,12)13;1-7(9-11-3)8-5-4-6-10(8)2;1-7(10-11-2)8-3-5-9-6-4-8;1-6(8-9-2)7-4-3-5-10-7;1-6(8-9-2)7-3-4-10-5-7/h2*3-6H,1-2H3;4-6H,1-3H3;3-6H,1-2H3;2*3-5H,1-2H3. The molecule has 72 heavy (non-hydrogen) atoms. The molecule has 0 spiro atoms. The van der Waals surface area contributed by atoms with E-state index in [9.17, 15) is 26.3 Å². The molecular weight excluding hydrogens is 971 g/mol. The molecule has 0 fully saturated rings. The number of hydrogen-bond acceptors (Lipinski definition) is 15. The van der Waals surface area contributed by atoms with E-state index in [1.54, 1.807) is 64.1 Å². The number of alkyl halides is 6. The van der Waals surface area contributed by atoms with Crippen LogP contribution in [0.1, 0.15) is 86.4 Å². The van der Waals surface area contributed by atoms with Crippen LogP contribution in [0, 0.1) is 0 Å². The summed E-state index contributed by atoms with van der Waals surface area (Å²) in [5.41, 5.74) is 7.22. The van der Waals surface area contributed by atoms with Crippen molar-refractivity contribution in [1.29, 1.82) is 0 Å². The van der Waals surface area contributed by atoms with Gasteiger partial charge in [0.2, 0.25) is 0 Å². The van der Waals surface area contributed by atoms with Gasteiger partial charge in [0, 0.05) is 36.8 Å². The molecule has 0 saturated carbocycles. The highest BCUT2D eigenvalue weighted by Crippen LogP contribution is 2.30. The monoisotopic (exact) mass is 1030 g/mol. The van der Waals surface area contributed by atoms with Gasteiger partial charge in [-0.2, -0.15) is 37.7 Å². The Morgan fingerprint density at radius 3 is 1.40 bits per heavy atom. The van der Waals surface area contributed by atoms with Crippen LogP contribution >= 0.6 is 11.3 Å². The van der Waals surface area contributed by atoms with E-state index in [0.29, 0.717) is 22.6 Å². The minimum atomic E-state index is -4.33. The maximum atomic E-state index is 12.3. The van der Waals surface area contributed by atoms with Gasteiger partial charge in [-0.25, -0.2) is 0 Å². The first-order chi connectivity index (χ1) is 34.2. The van der Waals surface area contributed by atoms with Crippen LogP contribution in [0.4, 0.5) is 26.3 Å². The van der Waals surface area contributed by atoms with Crippen LogP contribution in [0.25, 0.3) is 0 Å². The van der Waals surface area contributed by atoms with E-state index in [1.807, 2.05) is 98.7 Å². The van der Waals surface area contributed by atoms with E-state index in [1.165, 1.54) is 46.6 Å². The van der Waals surface area contributed by atoms with Crippen molar-refractivity contribution < 1.29 is 59.8 Å². The summed E-state index contributed by atoms with van der Waals surface area (Å²) in [5.74, 6) is 0.738. The number of aryl methyl sites for hydroxylation is 1. The number of halogens is 6. The number of benzene rings is 2. The molecule has 0 aliphatic heterocycles. The van der Waals surface area contributed by atoms with Crippen LogP contribution in [-0.4, -0.2) is 86.5 Å². The van der Waals surface area contributed by atoms with Gasteiger partial charge in [-0.1, -0.05) is 55.2 Å². The first-order valence-electron chi connectivity index (χ1n) is 21.1. The predicted molar refractivity (Wildman–Crippen MR) is 271 cm³/mol. The van der Waals surface area contributed by atoms with Crippen LogP contribution in [0.15, 0.2) is 162 Å². The number of nitrogens with zero attached hydrogens (tertiary/aromatic N) is 8. The van der Waals surface area contributed by atoms with Crippen molar-refractivity contribution in [3.8, 4) is 0 Å². The minimum Gasteiger partial charge on any atom is -0.463 e. The average Bonchev–Trinajstić information content (AvgIpc) is 4.18. The number of oxime groups is 6. The number of aromatic nitrogens is 2. The lowest BCUT2D eigenvalue weighted by atomic mass is 10.1. The molecule has 6 rings (SSSR count). The van der Waals surface area contributed by atoms with Gasteiger partial charge >= 0.3 is 12.4 Å². The fourth-order valence-electron chi connectivity index (χ4n) is 5.33. The molecule has 0 atom stereocenters. The fourth-order valence-corrected chi connectivity index (χ4v) is 6.03. The summed E-state index contributed by atoms with van der Waals surface area (Å²) in [6, 6.07) is 23.1. The second-order valence-corrected chi connectivity index (χ2v) is 14.8. The van der Waals surface area contributed by atoms with Crippen LogP contribution in [0.5, 0.6) is 0 Å². The quantitative estimate of drug-likeness (QED) is 0.0665. The summed E-state index contributed by atoms with van der Waals surface area (Å²) >= 11 is 1.66. The Bertz CT molecular complexity index is 2540. The van der Waals surface area contributed by atoms with Gasteiger partial charge in [0.15, 0.2) is 5.76 Å². The topological polar surface area (TPSA) is 160 Å². The lowest BCUT2D eigenvalue weighted by Gasteiger charge is -2.07. The number of pyridine rings is 1. The maximum Gasteiger partial charge on any atom is 0.416 e. The summed E-state index contributed by atoms with van der Waals surface area (Å²) < 4.78 is 80.7. The van der Waals surface area contributed by atoms with Gasteiger partial charge in [0.25, 0.3) is 0 Å². The molecule has 6 aromatic rings. The Morgan fingerprint density at radius 1 is 0.500 bits per heavy atom. The van der Waals surface area contributed by atoms with E-state index in [0.717, 1.165) is 69.7 Å². The van der Waals surface area contributed by atoms with Gasteiger partial charge in [0.1, 0.15) is 54.1 Å². The molecule has 390 valence electrons. The molecule has 4 heterocycles. The Kier molecular flexibility index (Phi) is 29.2. The third-order valence-corrected chi connectivity index (χ3v) is 9.52. The number of rotatable bonds is 12. The Labute approximate surface area is 419 Å². The number of thiophene rings is 1. The maximum absolute atomic E-state index is 12.3. The zero-order chi connectivity index (χ0) is 54.1. The zero-order valence-corrected chi connectivity index (χ0v) is 43.1. The van der Waals surface area contributed by atoms with Gasteiger partial charge in [-0.15, -0.1) is 0 Å². The van der Waals surface area contributed by atoms with E-state index in [4.69, 9.17) is 4.42 Å². The van der Waals surface area contributed by atoms with Crippen molar-refractivity contribution in [2.75, 3.05) is 42.7 Å². The van der Waals surface area contributed by atoms with E-state index < -0.39 is 23.5 Å². The molecule has 22 heteroatoms. The lowest BCUT2D eigenvalue weighted by Crippen LogP contribution is -2.06. The van der Waals surface area contributed by atoms with Crippen molar-refractivity contribution >= 4 is 45.6 Å². The molecule has 0 radical (unpaired) electrons. The van der Waals surface area contributed by atoms with E-state index >= 15 is 0 Å². The second-order valence-electron chi connectivity index (χ2n) is 14.0. The van der Waals surface area contributed by atoms with Gasteiger partial charge in [0.05, 0.1) is 45.9 Å². The third kappa shape index (κ3) is 24.2. The van der Waals surface area contributed by atoms with Crippen molar-refractivity contribution in [2.24, 2.45) is 38.0 Å². The Morgan fingerprint density at radius 2 is 0.972 bits per heavy atom. The molecular formula is C50H60F6N8O7S. The predicted octanol–water partition coefficient (Wildman–Crippen LogP) is 12.8. The highest BCUT2D eigenvalue weighted by atomic mass is 32.1. The van der Waals surface area contributed by atoms with Crippen molar-refractivity contribution in [3.05, 3.63) is 171 Å². The SMILES string of the molecule is CON=C(C)c1ccc(C(F)(F)F)cc1.CON=C(C)c1cccc(C(F)(F)F)c1.CON=C(C)c1cccn1C.CON=C(C)c1ccco1.CON=C(C)c1ccncc1.CON=C(C)c1ccsc1. The molecule has 0 saturated heterocycles. The molecule has 0 aliphatic carbocycles. The highest BCUT2D eigenvalue weighted by molar-refractivity contribution is 7.08. The number of furan rings is 1. The molecule has 0 N–H and O–H groups in total. The molecule has 4 aromatic heterocycles. The summed E-state index contributed by atoms with van der Waals surface area (Å²) in [5, 5.41) is 26.3. The summed E-state index contributed by atoms with van der Waals surface area (Å²) in [4.78, 5) is 31.4. The fraction of sp³-hybridized carbons (Fsp3) is 0.300. The van der Waals surface area contributed by atoms with Crippen molar-refractivity contribution in [3.63, 3.8) is 0 Å². The van der Waals surface area contributed by atoms with Gasteiger partial charge < -0.3 is 38.0 Å². The Hall–Kier alpha value is -7.75. The van der Waals surface area contributed by atoms with Crippen LogP contribution in [0.2, 0.25) is 0 Å². The molecule has 0 aliphatic rings. The normalized spacial score (nSPS) is 12.0. The zero-order valence-electron chi connectivity index (χ0n) is 42.2. The average molecular weight is 1030 g/mol. The van der Waals surface area contributed by atoms with Crippen molar-refractivity contribution in [2.45, 2.75) is 53.9 Å². The smallest absolute Gasteiger partial charge is 0.416 e. The van der Waals surface area contributed by atoms with Crippen LogP contribution < -0.4 is 0 Å². The first kappa shape index (κ1) is 62.3. The van der Waals surface area contributed by atoms with Crippen LogP contribution in [0.3, 0.4) is 0 Å². The van der Waals surface area contributed by atoms with Crippen molar-refractivity contribution in [1.82, 2.24) is 9.55 Å². The summed E-state index contributed by atoms with van der Waals surface area (Å²) in [7, 11) is 10.8. The molecule has 0 bridgehead atoms. The van der Waals surface area contributed by atoms with E-state index in [-0.39, 0.29) is 0 Å². The number of hydrogen-bond donors (Lipinski definition) is 0. The largest absolute Gasteiger partial charge is 0.463 e. The summed E-state index contributed by atoms with van der Waals surface area (Å²) in [6.45, 7) is 10.8. The van der Waals surface area contributed by atoms with Gasteiger partial charge in [-0.05, 0) is 130 Å². The lowest BCUT2D eigenvalue weighted by molar-refractivity contribution is -0.138. The molecule has 0 amide bonds. The highest BCUT2D eigenvalue weighted by Gasteiger charge is 2.31.